The fourth-order valence-electron chi connectivity index (χ4n) is 3.69. The molecule has 1 aromatic rings. The lowest BCUT2D eigenvalue weighted by atomic mass is 9.74. The molecule has 1 saturated heterocycles. The van der Waals surface area contributed by atoms with E-state index in [1.807, 2.05) is 11.8 Å². The number of nitrogens with one attached hydrogen (secondary N) is 1. The molecule has 1 aliphatic carbocycles. The van der Waals surface area contributed by atoms with Crippen LogP contribution in [0.15, 0.2) is 24.3 Å². The molecule has 21 heavy (non-hydrogen) atoms. The molecule has 0 aromatic heterocycles. The molecule has 1 saturated carbocycles. The third-order valence-electron chi connectivity index (χ3n) is 5.04. The lowest BCUT2D eigenvalue weighted by Gasteiger charge is -2.39. The number of hydrogen-bond acceptors (Lipinski definition) is 2. The van der Waals surface area contributed by atoms with Crippen LogP contribution >= 0.6 is 0 Å². The van der Waals surface area contributed by atoms with E-state index in [9.17, 15) is 4.79 Å². The molecular weight excluding hydrogens is 260 g/mol. The van der Waals surface area contributed by atoms with Crippen molar-refractivity contribution >= 4 is 5.91 Å². The van der Waals surface area contributed by atoms with Gasteiger partial charge >= 0.3 is 0 Å². The maximum absolute atomic E-state index is 12.3. The number of rotatable bonds is 4. The highest BCUT2D eigenvalue weighted by molar-refractivity contribution is 5.81. The first-order valence-corrected chi connectivity index (χ1v) is 8.25. The second kappa shape index (κ2) is 6.18. The topological polar surface area (TPSA) is 32.3 Å². The highest BCUT2D eigenvalue weighted by atomic mass is 16.2. The molecule has 1 aliphatic heterocycles. The Hall–Kier alpha value is -1.35. The van der Waals surface area contributed by atoms with E-state index < -0.39 is 0 Å². The molecule has 0 spiro atoms. The van der Waals surface area contributed by atoms with Crippen LogP contribution in [-0.2, 0) is 4.79 Å². The molecule has 2 fully saturated rings. The van der Waals surface area contributed by atoms with Gasteiger partial charge in [0.15, 0.2) is 0 Å². The van der Waals surface area contributed by atoms with Gasteiger partial charge in [0.1, 0.15) is 0 Å². The van der Waals surface area contributed by atoms with E-state index in [0.717, 1.165) is 38.8 Å². The Kier molecular flexibility index (Phi) is 4.29. The van der Waals surface area contributed by atoms with Gasteiger partial charge in [-0.2, -0.15) is 0 Å². The minimum Gasteiger partial charge on any atom is -0.341 e. The summed E-state index contributed by atoms with van der Waals surface area (Å²) in [6.07, 6.45) is 4.64. The van der Waals surface area contributed by atoms with Gasteiger partial charge in [-0.3, -0.25) is 4.79 Å². The number of carbonyl (C=O) groups is 1. The van der Waals surface area contributed by atoms with E-state index in [0.29, 0.717) is 12.0 Å². The van der Waals surface area contributed by atoms with Gasteiger partial charge in [0.2, 0.25) is 5.91 Å². The number of hydrogen-bond donors (Lipinski definition) is 1. The third-order valence-corrected chi connectivity index (χ3v) is 5.04. The average molecular weight is 286 g/mol. The van der Waals surface area contributed by atoms with Crippen molar-refractivity contribution in [3.05, 3.63) is 35.4 Å². The normalized spacial score (nSPS) is 26.5. The van der Waals surface area contributed by atoms with Crippen LogP contribution in [0.4, 0.5) is 0 Å². The summed E-state index contributed by atoms with van der Waals surface area (Å²) in [6.45, 7) is 6.10. The summed E-state index contributed by atoms with van der Waals surface area (Å²) in [5.41, 5.74) is 2.87. The Balaban J connectivity index is 1.48. The molecule has 1 atom stereocenters. The predicted octanol–water partition coefficient (Wildman–Crippen LogP) is 2.84. The zero-order valence-corrected chi connectivity index (χ0v) is 13.1. The molecule has 1 N–H and O–H groups in total. The molecule has 1 amide bonds. The summed E-state index contributed by atoms with van der Waals surface area (Å²) in [4.78, 5) is 14.3. The Bertz CT molecular complexity index is 502. The van der Waals surface area contributed by atoms with Crippen molar-refractivity contribution in [1.82, 2.24) is 10.2 Å². The van der Waals surface area contributed by atoms with E-state index in [4.69, 9.17) is 0 Å². The average Bonchev–Trinajstić information content (AvgIpc) is 2.96. The van der Waals surface area contributed by atoms with E-state index in [1.54, 1.807) is 0 Å². The summed E-state index contributed by atoms with van der Waals surface area (Å²) in [7, 11) is 0. The van der Waals surface area contributed by atoms with Gasteiger partial charge in [-0.25, -0.2) is 0 Å². The zero-order chi connectivity index (χ0) is 14.8. The molecule has 0 bridgehead atoms. The van der Waals surface area contributed by atoms with Crippen molar-refractivity contribution in [2.75, 3.05) is 13.1 Å². The fourth-order valence-corrected chi connectivity index (χ4v) is 3.69. The van der Waals surface area contributed by atoms with Gasteiger partial charge in [-0.05, 0) is 56.6 Å². The monoisotopic (exact) mass is 286 g/mol. The van der Waals surface area contributed by atoms with Gasteiger partial charge in [0.05, 0.1) is 6.04 Å². The second-order valence-electron chi connectivity index (χ2n) is 6.64. The van der Waals surface area contributed by atoms with Crippen molar-refractivity contribution < 1.29 is 4.79 Å². The first-order chi connectivity index (χ1) is 10.1. The van der Waals surface area contributed by atoms with Gasteiger partial charge in [0.25, 0.3) is 0 Å². The Morgan fingerprint density at radius 3 is 2.57 bits per heavy atom. The molecule has 3 heteroatoms. The molecule has 1 aromatic carbocycles. The minimum atomic E-state index is -0.0362. The van der Waals surface area contributed by atoms with Gasteiger partial charge in [0, 0.05) is 19.1 Å². The Morgan fingerprint density at radius 1 is 1.24 bits per heavy atom. The maximum atomic E-state index is 12.3. The molecule has 3 rings (SSSR count). The quantitative estimate of drug-likeness (QED) is 0.923. The van der Waals surface area contributed by atoms with Crippen molar-refractivity contribution in [3.8, 4) is 0 Å². The summed E-state index contributed by atoms with van der Waals surface area (Å²) in [6, 6.07) is 9.12. The number of benzene rings is 1. The van der Waals surface area contributed by atoms with Crippen molar-refractivity contribution in [2.24, 2.45) is 0 Å². The molecule has 1 unspecified atom stereocenters. The molecule has 114 valence electrons. The largest absolute Gasteiger partial charge is 0.341 e. The number of carbonyl (C=O) groups excluding carboxylic acids is 1. The highest BCUT2D eigenvalue weighted by Gasteiger charge is 2.33. The predicted molar refractivity (Wildman–Crippen MR) is 85.4 cm³/mol. The first kappa shape index (κ1) is 14.6. The van der Waals surface area contributed by atoms with Crippen LogP contribution in [0, 0.1) is 6.92 Å². The zero-order valence-electron chi connectivity index (χ0n) is 13.1. The maximum Gasteiger partial charge on any atom is 0.239 e. The smallest absolute Gasteiger partial charge is 0.239 e. The Morgan fingerprint density at radius 2 is 1.90 bits per heavy atom. The fraction of sp³-hybridized carbons (Fsp3) is 0.611. The third kappa shape index (κ3) is 3.13. The van der Waals surface area contributed by atoms with Crippen LogP contribution in [0.3, 0.4) is 0 Å². The van der Waals surface area contributed by atoms with Crippen LogP contribution in [0.5, 0.6) is 0 Å². The summed E-state index contributed by atoms with van der Waals surface area (Å²) < 4.78 is 0. The van der Waals surface area contributed by atoms with Gasteiger partial charge in [-0.15, -0.1) is 0 Å². The van der Waals surface area contributed by atoms with Crippen LogP contribution in [-0.4, -0.2) is 36.0 Å². The summed E-state index contributed by atoms with van der Waals surface area (Å²) in [5, 5.41) is 3.52. The second-order valence-corrected chi connectivity index (χ2v) is 6.64. The summed E-state index contributed by atoms with van der Waals surface area (Å²) in [5.74, 6) is 0.949. The molecule has 0 radical (unpaired) electrons. The highest BCUT2D eigenvalue weighted by Crippen LogP contribution is 2.38. The van der Waals surface area contributed by atoms with Crippen LogP contribution in [0.1, 0.15) is 49.7 Å². The van der Waals surface area contributed by atoms with Gasteiger partial charge < -0.3 is 10.2 Å². The first-order valence-electron chi connectivity index (χ1n) is 8.25. The van der Waals surface area contributed by atoms with Crippen molar-refractivity contribution in [1.29, 1.82) is 0 Å². The van der Waals surface area contributed by atoms with E-state index in [-0.39, 0.29) is 11.9 Å². The molecule has 3 nitrogen and oxygen atoms in total. The minimum absolute atomic E-state index is 0.0362. The standard InChI is InChI=1S/C18H26N2O/c1-13-7-3-4-8-17(13)15-11-16(12-15)19-14(2)18(21)20-9-5-6-10-20/h3-4,7-8,14-16,19H,5-6,9-12H2,1-2H3. The lowest BCUT2D eigenvalue weighted by molar-refractivity contribution is -0.132. The SMILES string of the molecule is Cc1ccccc1C1CC(NC(C)C(=O)N2CCCC2)C1. The molecule has 1 heterocycles. The van der Waals surface area contributed by atoms with E-state index in [1.165, 1.54) is 11.1 Å². The van der Waals surface area contributed by atoms with Crippen molar-refractivity contribution in [2.45, 2.75) is 57.5 Å². The van der Waals surface area contributed by atoms with Crippen LogP contribution in [0.2, 0.25) is 0 Å². The number of amides is 1. The lowest BCUT2D eigenvalue weighted by Crippen LogP contribution is -2.51. The Labute approximate surface area is 127 Å². The van der Waals surface area contributed by atoms with Crippen molar-refractivity contribution in [3.63, 3.8) is 0 Å². The molecule has 2 aliphatic rings. The summed E-state index contributed by atoms with van der Waals surface area (Å²) >= 11 is 0. The van der Waals surface area contributed by atoms with E-state index in [2.05, 4.69) is 36.5 Å². The van der Waals surface area contributed by atoms with E-state index >= 15 is 0 Å². The van der Waals surface area contributed by atoms with Gasteiger partial charge in [-0.1, -0.05) is 24.3 Å². The molecular formula is C18H26N2O. The number of likely N-dealkylation sites (tertiary alicyclic amines) is 1. The number of nitrogens with zero attached hydrogens (tertiary/aromatic N) is 1. The van der Waals surface area contributed by atoms with Crippen LogP contribution in [0.25, 0.3) is 0 Å². The van der Waals surface area contributed by atoms with Crippen LogP contribution < -0.4 is 5.32 Å². The number of aryl methyl sites for hydroxylation is 1.